The van der Waals surface area contributed by atoms with Gasteiger partial charge < -0.3 is 9.84 Å². The van der Waals surface area contributed by atoms with E-state index in [9.17, 15) is 5.11 Å². The van der Waals surface area contributed by atoms with E-state index in [1.54, 1.807) is 7.11 Å². The predicted molar refractivity (Wildman–Crippen MR) is 70.2 cm³/mol. The van der Waals surface area contributed by atoms with Crippen LogP contribution in [-0.4, -0.2) is 36.3 Å². The molecule has 0 fully saturated rings. The average Bonchev–Trinajstić information content (AvgIpc) is 2.38. The van der Waals surface area contributed by atoms with Gasteiger partial charge in [0, 0.05) is 13.1 Å². The van der Waals surface area contributed by atoms with Gasteiger partial charge in [-0.3, -0.25) is 4.90 Å². The second-order valence-electron chi connectivity index (χ2n) is 4.24. The van der Waals surface area contributed by atoms with Gasteiger partial charge in [0.05, 0.1) is 13.2 Å². The monoisotopic (exact) mass is 237 g/mol. The third kappa shape index (κ3) is 4.75. The van der Waals surface area contributed by atoms with Crippen molar-refractivity contribution in [2.75, 3.05) is 20.2 Å². The molecule has 1 unspecified atom stereocenters. The molecule has 0 bridgehead atoms. The van der Waals surface area contributed by atoms with Crippen molar-refractivity contribution < 1.29 is 9.84 Å². The van der Waals surface area contributed by atoms with Crippen molar-refractivity contribution in [3.05, 3.63) is 29.8 Å². The molecule has 0 amide bonds. The Labute approximate surface area is 104 Å². The standard InChI is InChI=1S/C14H23NO2/c1-4-13(16)11-15(5-2)10-12-6-8-14(17-3)9-7-12/h6-9,13,16H,4-5,10-11H2,1-3H3. The Kier molecular flexibility index (Phi) is 6.01. The number of likely N-dealkylation sites (N-methyl/N-ethyl adjacent to an activating group) is 1. The minimum atomic E-state index is -0.229. The predicted octanol–water partition coefficient (Wildman–Crippen LogP) is 2.29. The van der Waals surface area contributed by atoms with Gasteiger partial charge in [0.25, 0.3) is 0 Å². The highest BCUT2D eigenvalue weighted by Crippen LogP contribution is 2.13. The molecule has 1 atom stereocenters. The molecule has 0 aliphatic heterocycles. The summed E-state index contributed by atoms with van der Waals surface area (Å²) in [4.78, 5) is 2.25. The van der Waals surface area contributed by atoms with Gasteiger partial charge in [-0.05, 0) is 30.7 Å². The Balaban J connectivity index is 2.54. The van der Waals surface area contributed by atoms with E-state index in [1.807, 2.05) is 19.1 Å². The summed E-state index contributed by atoms with van der Waals surface area (Å²) < 4.78 is 5.13. The molecule has 3 nitrogen and oxygen atoms in total. The number of benzene rings is 1. The third-order valence-corrected chi connectivity index (χ3v) is 2.95. The first-order valence-electron chi connectivity index (χ1n) is 6.22. The number of hydrogen-bond donors (Lipinski definition) is 1. The van der Waals surface area contributed by atoms with E-state index in [0.717, 1.165) is 31.8 Å². The minimum absolute atomic E-state index is 0.229. The van der Waals surface area contributed by atoms with Crippen LogP contribution >= 0.6 is 0 Å². The zero-order chi connectivity index (χ0) is 12.7. The molecule has 17 heavy (non-hydrogen) atoms. The molecule has 0 heterocycles. The molecule has 0 saturated heterocycles. The lowest BCUT2D eigenvalue weighted by Crippen LogP contribution is -2.31. The van der Waals surface area contributed by atoms with Crippen LogP contribution in [0.15, 0.2) is 24.3 Å². The molecule has 1 N–H and O–H groups in total. The molecule has 0 aromatic heterocycles. The summed E-state index contributed by atoms with van der Waals surface area (Å²) in [7, 11) is 1.67. The largest absolute Gasteiger partial charge is 0.497 e. The number of rotatable bonds is 7. The highest BCUT2D eigenvalue weighted by Gasteiger charge is 2.08. The van der Waals surface area contributed by atoms with E-state index in [4.69, 9.17) is 4.74 Å². The highest BCUT2D eigenvalue weighted by molar-refractivity contribution is 5.27. The van der Waals surface area contributed by atoms with E-state index in [-0.39, 0.29) is 6.10 Å². The molecule has 0 aliphatic carbocycles. The fraction of sp³-hybridized carbons (Fsp3) is 0.571. The van der Waals surface area contributed by atoms with Gasteiger partial charge in [0.2, 0.25) is 0 Å². The van der Waals surface area contributed by atoms with Crippen LogP contribution in [0.3, 0.4) is 0 Å². The zero-order valence-corrected chi connectivity index (χ0v) is 11.0. The molecule has 1 aromatic rings. The van der Waals surface area contributed by atoms with Crippen LogP contribution in [0.5, 0.6) is 5.75 Å². The first-order valence-corrected chi connectivity index (χ1v) is 6.22. The van der Waals surface area contributed by atoms with E-state index in [0.29, 0.717) is 0 Å². The summed E-state index contributed by atoms with van der Waals surface area (Å²) in [6.07, 6.45) is 0.576. The Morgan fingerprint density at radius 2 is 1.88 bits per heavy atom. The lowest BCUT2D eigenvalue weighted by atomic mass is 10.2. The van der Waals surface area contributed by atoms with Crippen LogP contribution < -0.4 is 4.74 Å². The average molecular weight is 237 g/mol. The topological polar surface area (TPSA) is 32.7 Å². The molecule has 0 radical (unpaired) electrons. The maximum atomic E-state index is 9.66. The molecule has 96 valence electrons. The van der Waals surface area contributed by atoms with Crippen LogP contribution in [-0.2, 0) is 6.54 Å². The number of aliphatic hydroxyl groups is 1. The van der Waals surface area contributed by atoms with Crippen LogP contribution in [0.25, 0.3) is 0 Å². The van der Waals surface area contributed by atoms with Gasteiger partial charge in [-0.2, -0.15) is 0 Å². The molecule has 1 aromatic carbocycles. The summed E-state index contributed by atoms with van der Waals surface area (Å²) in [6, 6.07) is 8.08. The van der Waals surface area contributed by atoms with Crippen molar-refractivity contribution in [3.63, 3.8) is 0 Å². The van der Waals surface area contributed by atoms with Gasteiger partial charge in [0.15, 0.2) is 0 Å². The van der Waals surface area contributed by atoms with Gasteiger partial charge >= 0.3 is 0 Å². The van der Waals surface area contributed by atoms with Gasteiger partial charge in [0.1, 0.15) is 5.75 Å². The molecular formula is C14H23NO2. The van der Waals surface area contributed by atoms with E-state index in [1.165, 1.54) is 5.56 Å². The van der Waals surface area contributed by atoms with Gasteiger partial charge in [-0.1, -0.05) is 26.0 Å². The Morgan fingerprint density at radius 1 is 1.24 bits per heavy atom. The smallest absolute Gasteiger partial charge is 0.118 e. The van der Waals surface area contributed by atoms with Gasteiger partial charge in [-0.15, -0.1) is 0 Å². The zero-order valence-electron chi connectivity index (χ0n) is 11.0. The van der Waals surface area contributed by atoms with Crippen LogP contribution in [0.2, 0.25) is 0 Å². The van der Waals surface area contributed by atoms with Crippen molar-refractivity contribution in [1.82, 2.24) is 4.90 Å². The van der Waals surface area contributed by atoms with Crippen molar-refractivity contribution >= 4 is 0 Å². The fourth-order valence-electron chi connectivity index (χ4n) is 1.72. The van der Waals surface area contributed by atoms with Crippen LogP contribution in [0.4, 0.5) is 0 Å². The maximum Gasteiger partial charge on any atom is 0.118 e. The van der Waals surface area contributed by atoms with Crippen molar-refractivity contribution in [3.8, 4) is 5.75 Å². The van der Waals surface area contributed by atoms with Crippen LogP contribution in [0.1, 0.15) is 25.8 Å². The Bertz CT molecular complexity index is 311. The second-order valence-corrected chi connectivity index (χ2v) is 4.24. The Morgan fingerprint density at radius 3 is 2.35 bits per heavy atom. The highest BCUT2D eigenvalue weighted by atomic mass is 16.5. The first-order chi connectivity index (χ1) is 8.19. The lowest BCUT2D eigenvalue weighted by Gasteiger charge is -2.23. The second kappa shape index (κ2) is 7.30. The number of hydrogen-bond acceptors (Lipinski definition) is 3. The van der Waals surface area contributed by atoms with Crippen LogP contribution in [0, 0.1) is 0 Å². The first kappa shape index (κ1) is 14.0. The fourth-order valence-corrected chi connectivity index (χ4v) is 1.72. The quantitative estimate of drug-likeness (QED) is 0.789. The summed E-state index contributed by atoms with van der Waals surface area (Å²) >= 11 is 0. The van der Waals surface area contributed by atoms with E-state index in [2.05, 4.69) is 24.0 Å². The minimum Gasteiger partial charge on any atom is -0.497 e. The normalized spacial score (nSPS) is 12.8. The number of aliphatic hydroxyl groups excluding tert-OH is 1. The summed E-state index contributed by atoms with van der Waals surface area (Å²) in [5, 5.41) is 9.66. The molecular weight excluding hydrogens is 214 g/mol. The molecule has 0 saturated carbocycles. The lowest BCUT2D eigenvalue weighted by molar-refractivity contribution is 0.108. The number of methoxy groups -OCH3 is 1. The summed E-state index contributed by atoms with van der Waals surface area (Å²) in [5.41, 5.74) is 1.25. The van der Waals surface area contributed by atoms with Crippen molar-refractivity contribution in [2.24, 2.45) is 0 Å². The molecule has 0 aliphatic rings. The van der Waals surface area contributed by atoms with Crippen molar-refractivity contribution in [2.45, 2.75) is 32.9 Å². The maximum absolute atomic E-state index is 9.66. The molecule has 3 heteroatoms. The summed E-state index contributed by atoms with van der Waals surface area (Å²) in [6.45, 7) is 6.68. The van der Waals surface area contributed by atoms with Crippen molar-refractivity contribution in [1.29, 1.82) is 0 Å². The van der Waals surface area contributed by atoms with E-state index < -0.39 is 0 Å². The summed E-state index contributed by atoms with van der Waals surface area (Å²) in [5.74, 6) is 0.880. The number of ether oxygens (including phenoxy) is 1. The van der Waals surface area contributed by atoms with E-state index >= 15 is 0 Å². The molecule has 0 spiro atoms. The number of nitrogens with zero attached hydrogens (tertiary/aromatic N) is 1. The SMILES string of the molecule is CCC(O)CN(CC)Cc1ccc(OC)cc1. The third-order valence-electron chi connectivity index (χ3n) is 2.95. The molecule has 1 rings (SSSR count). The van der Waals surface area contributed by atoms with Gasteiger partial charge in [-0.25, -0.2) is 0 Å². The Hall–Kier alpha value is -1.06.